The fraction of sp³-hybridized carbons (Fsp3) is 0.167. The van der Waals surface area contributed by atoms with E-state index in [1.807, 2.05) is 18.2 Å². The largest absolute Gasteiger partial charge is 0.495 e. The first-order chi connectivity index (χ1) is 8.60. The molecule has 0 saturated heterocycles. The zero-order valence-corrected chi connectivity index (χ0v) is 14.2. The standard InChI is InChI=1S/C12H10Br2ClNOS/c1-17-11-3-2-7(4-10(11)15)16-6-8-5-9(13)12(14)18-8/h2-5,16H,6H2,1H3. The number of methoxy groups -OCH3 is 1. The number of hydrogen-bond acceptors (Lipinski definition) is 3. The Morgan fingerprint density at radius 3 is 2.67 bits per heavy atom. The maximum Gasteiger partial charge on any atom is 0.137 e. The number of nitrogens with one attached hydrogen (secondary N) is 1. The molecule has 0 aliphatic carbocycles. The van der Waals surface area contributed by atoms with E-state index in [-0.39, 0.29) is 0 Å². The molecule has 96 valence electrons. The Kier molecular flexibility index (Phi) is 4.95. The summed E-state index contributed by atoms with van der Waals surface area (Å²) in [5, 5.41) is 3.93. The lowest BCUT2D eigenvalue weighted by Gasteiger charge is -2.07. The van der Waals surface area contributed by atoms with Crippen molar-refractivity contribution in [3.8, 4) is 5.75 Å². The van der Waals surface area contributed by atoms with Crippen molar-refractivity contribution in [2.24, 2.45) is 0 Å². The molecular weight excluding hydrogens is 401 g/mol. The number of anilines is 1. The van der Waals surface area contributed by atoms with Crippen molar-refractivity contribution in [2.45, 2.75) is 6.54 Å². The van der Waals surface area contributed by atoms with Gasteiger partial charge in [0.1, 0.15) is 5.75 Å². The molecule has 18 heavy (non-hydrogen) atoms. The minimum atomic E-state index is 0.607. The van der Waals surface area contributed by atoms with Crippen molar-refractivity contribution >= 4 is 60.5 Å². The highest BCUT2D eigenvalue weighted by Gasteiger charge is 2.05. The highest BCUT2D eigenvalue weighted by atomic mass is 79.9. The summed E-state index contributed by atoms with van der Waals surface area (Å²) in [6, 6.07) is 7.75. The molecule has 0 spiro atoms. The van der Waals surface area contributed by atoms with Crippen LogP contribution in [0.2, 0.25) is 5.02 Å². The summed E-state index contributed by atoms with van der Waals surface area (Å²) >= 11 is 14.7. The number of benzene rings is 1. The van der Waals surface area contributed by atoms with Crippen LogP contribution in [0.4, 0.5) is 5.69 Å². The van der Waals surface area contributed by atoms with Crippen molar-refractivity contribution in [3.63, 3.8) is 0 Å². The minimum Gasteiger partial charge on any atom is -0.495 e. The van der Waals surface area contributed by atoms with Gasteiger partial charge in [0.2, 0.25) is 0 Å². The predicted octanol–water partition coefficient (Wildman–Crippen LogP) is 5.55. The summed E-state index contributed by atoms with van der Waals surface area (Å²) < 4.78 is 7.30. The first kappa shape index (κ1) is 14.2. The molecule has 2 aromatic rings. The molecule has 1 aromatic carbocycles. The normalized spacial score (nSPS) is 10.4. The van der Waals surface area contributed by atoms with Gasteiger partial charge in [-0.2, -0.15) is 0 Å². The number of thiophene rings is 1. The predicted molar refractivity (Wildman–Crippen MR) is 85.0 cm³/mol. The van der Waals surface area contributed by atoms with E-state index in [0.29, 0.717) is 10.8 Å². The number of rotatable bonds is 4. The highest BCUT2D eigenvalue weighted by molar-refractivity contribution is 9.13. The van der Waals surface area contributed by atoms with E-state index in [0.717, 1.165) is 20.5 Å². The van der Waals surface area contributed by atoms with Crippen LogP contribution in [-0.2, 0) is 6.54 Å². The SMILES string of the molecule is COc1ccc(NCc2cc(Br)c(Br)s2)cc1Cl. The molecule has 2 rings (SSSR count). The van der Waals surface area contributed by atoms with Gasteiger partial charge in [0.05, 0.1) is 15.9 Å². The van der Waals surface area contributed by atoms with Crippen LogP contribution in [0.15, 0.2) is 32.5 Å². The second-order valence-corrected chi connectivity index (χ2v) is 7.25. The van der Waals surface area contributed by atoms with Crippen molar-refractivity contribution in [1.29, 1.82) is 0 Å². The zero-order chi connectivity index (χ0) is 13.1. The minimum absolute atomic E-state index is 0.607. The van der Waals surface area contributed by atoms with Crippen LogP contribution in [0.5, 0.6) is 5.75 Å². The van der Waals surface area contributed by atoms with Gasteiger partial charge in [0.25, 0.3) is 0 Å². The summed E-state index contributed by atoms with van der Waals surface area (Å²) in [4.78, 5) is 1.24. The van der Waals surface area contributed by atoms with E-state index < -0.39 is 0 Å². The second kappa shape index (κ2) is 6.28. The fourth-order valence-corrected chi connectivity index (χ4v) is 3.82. The summed E-state index contributed by atoms with van der Waals surface area (Å²) in [6.45, 7) is 0.761. The molecular formula is C12H10Br2ClNOS. The highest BCUT2D eigenvalue weighted by Crippen LogP contribution is 2.33. The second-order valence-electron chi connectivity index (χ2n) is 3.54. The van der Waals surface area contributed by atoms with Gasteiger partial charge in [-0.15, -0.1) is 11.3 Å². The Labute approximate surface area is 132 Å². The number of hydrogen-bond donors (Lipinski definition) is 1. The molecule has 0 amide bonds. The maximum absolute atomic E-state index is 6.06. The van der Waals surface area contributed by atoms with Crippen LogP contribution in [0.3, 0.4) is 0 Å². The molecule has 0 saturated carbocycles. The van der Waals surface area contributed by atoms with Crippen molar-refractivity contribution < 1.29 is 4.74 Å². The molecule has 0 radical (unpaired) electrons. The topological polar surface area (TPSA) is 21.3 Å². The zero-order valence-electron chi connectivity index (χ0n) is 9.47. The summed E-state index contributed by atoms with van der Waals surface area (Å²) in [7, 11) is 1.61. The van der Waals surface area contributed by atoms with Crippen LogP contribution in [0.1, 0.15) is 4.88 Å². The van der Waals surface area contributed by atoms with Gasteiger partial charge >= 0.3 is 0 Å². The Balaban J connectivity index is 2.04. The Bertz CT molecular complexity index is 540. The first-order valence-corrected chi connectivity index (χ1v) is 7.89. The molecule has 6 heteroatoms. The van der Waals surface area contributed by atoms with E-state index in [9.17, 15) is 0 Å². The molecule has 0 aliphatic heterocycles. The smallest absolute Gasteiger partial charge is 0.137 e. The van der Waals surface area contributed by atoms with Crippen molar-refractivity contribution in [2.75, 3.05) is 12.4 Å². The lowest BCUT2D eigenvalue weighted by atomic mass is 10.3. The van der Waals surface area contributed by atoms with Crippen LogP contribution < -0.4 is 10.1 Å². The van der Waals surface area contributed by atoms with Gasteiger partial charge in [-0.3, -0.25) is 0 Å². The molecule has 0 aliphatic rings. The van der Waals surface area contributed by atoms with Gasteiger partial charge in [0, 0.05) is 21.6 Å². The molecule has 1 aromatic heterocycles. The molecule has 1 N–H and O–H groups in total. The molecule has 0 fully saturated rings. The summed E-state index contributed by atoms with van der Waals surface area (Å²) in [5.41, 5.74) is 0.974. The lowest BCUT2D eigenvalue weighted by Crippen LogP contribution is -1.97. The van der Waals surface area contributed by atoms with Gasteiger partial charge < -0.3 is 10.1 Å². The molecule has 0 bridgehead atoms. The fourth-order valence-electron chi connectivity index (χ4n) is 1.44. The van der Waals surface area contributed by atoms with E-state index >= 15 is 0 Å². The third-order valence-corrected chi connectivity index (χ3v) is 5.87. The Morgan fingerprint density at radius 2 is 2.11 bits per heavy atom. The van der Waals surface area contributed by atoms with Crippen LogP contribution in [0, 0.1) is 0 Å². The van der Waals surface area contributed by atoms with Gasteiger partial charge in [-0.25, -0.2) is 0 Å². The first-order valence-electron chi connectivity index (χ1n) is 5.11. The van der Waals surface area contributed by atoms with E-state index in [1.165, 1.54) is 4.88 Å². The van der Waals surface area contributed by atoms with Crippen LogP contribution >= 0.6 is 54.8 Å². The van der Waals surface area contributed by atoms with E-state index in [1.54, 1.807) is 18.4 Å². The number of ether oxygens (including phenoxy) is 1. The third kappa shape index (κ3) is 3.41. The van der Waals surface area contributed by atoms with Crippen molar-refractivity contribution in [1.82, 2.24) is 0 Å². The third-order valence-electron chi connectivity index (χ3n) is 2.31. The Morgan fingerprint density at radius 1 is 1.33 bits per heavy atom. The molecule has 0 unspecified atom stereocenters. The monoisotopic (exact) mass is 409 g/mol. The quantitative estimate of drug-likeness (QED) is 0.712. The average molecular weight is 412 g/mol. The van der Waals surface area contributed by atoms with Crippen molar-refractivity contribution in [3.05, 3.63) is 42.4 Å². The van der Waals surface area contributed by atoms with Crippen LogP contribution in [-0.4, -0.2) is 7.11 Å². The van der Waals surface area contributed by atoms with Gasteiger partial charge in [-0.05, 0) is 56.1 Å². The number of halogens is 3. The van der Waals surface area contributed by atoms with Gasteiger partial charge in [-0.1, -0.05) is 11.6 Å². The molecule has 2 nitrogen and oxygen atoms in total. The molecule has 1 heterocycles. The van der Waals surface area contributed by atoms with Crippen LogP contribution in [0.25, 0.3) is 0 Å². The summed E-state index contributed by atoms with van der Waals surface area (Å²) in [5.74, 6) is 0.684. The Hall–Kier alpha value is -0.230. The maximum atomic E-state index is 6.06. The van der Waals surface area contributed by atoms with E-state index in [4.69, 9.17) is 16.3 Å². The van der Waals surface area contributed by atoms with Gasteiger partial charge in [0.15, 0.2) is 0 Å². The average Bonchev–Trinajstić information content (AvgIpc) is 2.66. The molecule has 0 atom stereocenters. The summed E-state index contributed by atoms with van der Waals surface area (Å²) in [6.07, 6.45) is 0. The lowest BCUT2D eigenvalue weighted by molar-refractivity contribution is 0.415. The van der Waals surface area contributed by atoms with E-state index in [2.05, 4.69) is 43.2 Å².